The van der Waals surface area contributed by atoms with Crippen molar-refractivity contribution in [2.24, 2.45) is 0 Å². The number of anilines is 2. The number of carbonyl (C=O) groups excluding carboxylic acids is 1. The standard InChI is InChI=1S/C28H33F3N4O4/c1-15(17-9-8-10-19(23(17)29)28(30,31)26(3,4)37)32-24-18-13-22-20(14-21(18)33-16(2)34-24)27(39-7,11-12-38-6)25(36)35(22)5/h8-10,13-15,37H,11-12H2,1-7H3,(H,32,33,34)/t15-,27-/m1/s1. The summed E-state index contributed by atoms with van der Waals surface area (Å²) in [5, 5.41) is 13.7. The van der Waals surface area contributed by atoms with E-state index in [1.807, 2.05) is 0 Å². The molecule has 0 spiro atoms. The number of methoxy groups -OCH3 is 2. The van der Waals surface area contributed by atoms with Crippen LogP contribution in [0, 0.1) is 12.7 Å². The monoisotopic (exact) mass is 546 g/mol. The molecule has 0 aliphatic carbocycles. The van der Waals surface area contributed by atoms with Crippen molar-refractivity contribution >= 4 is 28.3 Å². The molecule has 210 valence electrons. The summed E-state index contributed by atoms with van der Waals surface area (Å²) in [6.45, 7) is 5.49. The molecular formula is C28H33F3N4O4. The molecule has 2 atom stereocenters. The Labute approximate surface area is 225 Å². The highest BCUT2D eigenvalue weighted by molar-refractivity contribution is 6.09. The van der Waals surface area contributed by atoms with Gasteiger partial charge in [-0.3, -0.25) is 4.79 Å². The molecule has 1 aliphatic rings. The molecule has 0 saturated heterocycles. The molecular weight excluding hydrogens is 513 g/mol. The molecule has 8 nitrogen and oxygen atoms in total. The van der Waals surface area contributed by atoms with Crippen molar-refractivity contribution in [1.82, 2.24) is 9.97 Å². The maximum Gasteiger partial charge on any atom is 0.303 e. The number of rotatable bonds is 9. The average molecular weight is 547 g/mol. The zero-order chi connectivity index (χ0) is 28.9. The molecule has 2 N–H and O–H groups in total. The van der Waals surface area contributed by atoms with Gasteiger partial charge in [-0.15, -0.1) is 0 Å². The number of hydrogen-bond donors (Lipinski definition) is 2. The summed E-state index contributed by atoms with van der Waals surface area (Å²) >= 11 is 0. The van der Waals surface area contributed by atoms with E-state index >= 15 is 4.39 Å². The van der Waals surface area contributed by atoms with Gasteiger partial charge in [0.05, 0.1) is 22.8 Å². The molecule has 39 heavy (non-hydrogen) atoms. The third-order valence-electron chi connectivity index (χ3n) is 7.33. The number of fused-ring (bicyclic) bond motifs is 2. The number of carbonyl (C=O) groups is 1. The molecule has 2 aromatic carbocycles. The van der Waals surface area contributed by atoms with Crippen LogP contribution in [0.4, 0.5) is 24.7 Å². The lowest BCUT2D eigenvalue weighted by Gasteiger charge is -2.30. The maximum absolute atomic E-state index is 15.4. The van der Waals surface area contributed by atoms with Crippen LogP contribution in [0.5, 0.6) is 0 Å². The predicted molar refractivity (Wildman–Crippen MR) is 141 cm³/mol. The summed E-state index contributed by atoms with van der Waals surface area (Å²) in [6.07, 6.45) is 0.304. The van der Waals surface area contributed by atoms with Crippen molar-refractivity contribution in [3.05, 3.63) is 58.7 Å². The lowest BCUT2D eigenvalue weighted by molar-refractivity contribution is -0.170. The average Bonchev–Trinajstić information content (AvgIpc) is 3.06. The Bertz CT molecular complexity index is 1430. The van der Waals surface area contributed by atoms with E-state index in [0.717, 1.165) is 19.9 Å². The van der Waals surface area contributed by atoms with Gasteiger partial charge in [0, 0.05) is 50.8 Å². The lowest BCUT2D eigenvalue weighted by Crippen LogP contribution is -2.41. The molecule has 1 aliphatic heterocycles. The van der Waals surface area contributed by atoms with Gasteiger partial charge in [-0.05, 0) is 45.9 Å². The highest BCUT2D eigenvalue weighted by Gasteiger charge is 2.51. The minimum Gasteiger partial charge on any atom is -0.385 e. The minimum absolute atomic E-state index is 0.0211. The molecule has 11 heteroatoms. The van der Waals surface area contributed by atoms with Crippen molar-refractivity contribution in [3.8, 4) is 0 Å². The van der Waals surface area contributed by atoms with E-state index in [1.165, 1.54) is 24.1 Å². The number of amides is 1. The number of aryl methyl sites for hydroxylation is 1. The number of nitrogens with zero attached hydrogens (tertiary/aromatic N) is 3. The van der Waals surface area contributed by atoms with Crippen LogP contribution >= 0.6 is 0 Å². The van der Waals surface area contributed by atoms with Crippen LogP contribution in [0.1, 0.15) is 55.7 Å². The molecule has 0 unspecified atom stereocenters. The van der Waals surface area contributed by atoms with Crippen molar-refractivity contribution in [2.75, 3.05) is 38.1 Å². The third kappa shape index (κ3) is 4.62. The fraction of sp³-hybridized carbons (Fsp3) is 0.464. The van der Waals surface area contributed by atoms with Gasteiger partial charge in [0.2, 0.25) is 0 Å². The van der Waals surface area contributed by atoms with Crippen molar-refractivity contribution in [3.63, 3.8) is 0 Å². The van der Waals surface area contributed by atoms with Gasteiger partial charge in [0.15, 0.2) is 5.60 Å². The first-order valence-corrected chi connectivity index (χ1v) is 12.5. The van der Waals surface area contributed by atoms with Gasteiger partial charge in [0.25, 0.3) is 5.91 Å². The van der Waals surface area contributed by atoms with Gasteiger partial charge < -0.3 is 24.8 Å². The number of aliphatic hydroxyl groups is 1. The molecule has 0 fully saturated rings. The van der Waals surface area contributed by atoms with Crippen LogP contribution in [-0.4, -0.2) is 54.5 Å². The molecule has 4 rings (SSSR count). The van der Waals surface area contributed by atoms with E-state index in [-0.39, 0.29) is 11.5 Å². The summed E-state index contributed by atoms with van der Waals surface area (Å²) in [5.74, 6) is -4.42. The molecule has 0 radical (unpaired) electrons. The zero-order valence-corrected chi connectivity index (χ0v) is 23.0. The number of alkyl halides is 2. The second-order valence-corrected chi connectivity index (χ2v) is 10.4. The maximum atomic E-state index is 15.4. The second-order valence-electron chi connectivity index (χ2n) is 10.4. The Morgan fingerprint density at radius 2 is 1.90 bits per heavy atom. The van der Waals surface area contributed by atoms with Crippen LogP contribution in [0.3, 0.4) is 0 Å². The Kier molecular flexibility index (Phi) is 7.39. The number of hydrogen-bond acceptors (Lipinski definition) is 7. The first-order chi connectivity index (χ1) is 18.2. The van der Waals surface area contributed by atoms with Crippen molar-refractivity contribution < 1.29 is 32.5 Å². The largest absolute Gasteiger partial charge is 0.385 e. The zero-order valence-electron chi connectivity index (χ0n) is 23.0. The number of ether oxygens (including phenoxy) is 2. The number of nitrogens with one attached hydrogen (secondary N) is 1. The van der Waals surface area contributed by atoms with Gasteiger partial charge in [-0.25, -0.2) is 14.4 Å². The fourth-order valence-electron chi connectivity index (χ4n) is 5.01. The van der Waals surface area contributed by atoms with E-state index in [4.69, 9.17) is 9.47 Å². The van der Waals surface area contributed by atoms with Gasteiger partial charge in [-0.1, -0.05) is 12.1 Å². The predicted octanol–water partition coefficient (Wildman–Crippen LogP) is 4.97. The quantitative estimate of drug-likeness (QED) is 0.391. The second kappa shape index (κ2) is 10.0. The van der Waals surface area contributed by atoms with Crippen LogP contribution in [0.25, 0.3) is 10.9 Å². The molecule has 0 saturated carbocycles. The van der Waals surface area contributed by atoms with E-state index in [0.29, 0.717) is 46.8 Å². The summed E-state index contributed by atoms with van der Waals surface area (Å²) in [7, 11) is 4.67. The highest BCUT2D eigenvalue weighted by atomic mass is 19.3. The molecule has 1 amide bonds. The van der Waals surface area contributed by atoms with Crippen molar-refractivity contribution in [2.45, 2.75) is 57.3 Å². The van der Waals surface area contributed by atoms with E-state index in [2.05, 4.69) is 15.3 Å². The van der Waals surface area contributed by atoms with Crippen molar-refractivity contribution in [1.29, 1.82) is 0 Å². The highest BCUT2D eigenvalue weighted by Crippen LogP contribution is 2.47. The van der Waals surface area contributed by atoms with Gasteiger partial charge in [0.1, 0.15) is 23.1 Å². The Balaban J connectivity index is 1.80. The van der Waals surface area contributed by atoms with E-state index in [9.17, 15) is 18.7 Å². The fourth-order valence-corrected chi connectivity index (χ4v) is 5.01. The summed E-state index contributed by atoms with van der Waals surface area (Å²) in [4.78, 5) is 23.9. The van der Waals surface area contributed by atoms with Crippen LogP contribution < -0.4 is 10.2 Å². The number of benzene rings is 2. The molecule has 0 bridgehead atoms. The third-order valence-corrected chi connectivity index (χ3v) is 7.33. The topological polar surface area (TPSA) is 96.8 Å². The van der Waals surface area contributed by atoms with E-state index in [1.54, 1.807) is 40.1 Å². The van der Waals surface area contributed by atoms with Crippen LogP contribution in [-0.2, 0) is 25.8 Å². The summed E-state index contributed by atoms with van der Waals surface area (Å²) in [5.41, 5.74) is -2.84. The van der Waals surface area contributed by atoms with Gasteiger partial charge in [-0.2, -0.15) is 8.78 Å². The van der Waals surface area contributed by atoms with Crippen LogP contribution in [0.15, 0.2) is 30.3 Å². The van der Waals surface area contributed by atoms with Gasteiger partial charge >= 0.3 is 5.92 Å². The lowest BCUT2D eigenvalue weighted by atomic mass is 9.90. The molecule has 2 heterocycles. The Hall–Kier alpha value is -3.28. The van der Waals surface area contributed by atoms with Crippen LogP contribution in [0.2, 0.25) is 0 Å². The Morgan fingerprint density at radius 3 is 2.51 bits per heavy atom. The molecule has 3 aromatic rings. The smallest absolute Gasteiger partial charge is 0.303 e. The molecule has 1 aromatic heterocycles. The summed E-state index contributed by atoms with van der Waals surface area (Å²) < 4.78 is 56.1. The Morgan fingerprint density at radius 1 is 1.21 bits per heavy atom. The normalized spacial score (nSPS) is 18.5. The SMILES string of the molecule is COCC[C@]1(OC)C(=O)N(C)c2cc3c(N[C@H](C)c4cccc(C(F)(F)C(C)(C)O)c4F)nc(C)nc3cc21. The first kappa shape index (κ1) is 28.7. The number of halogens is 3. The first-order valence-electron chi connectivity index (χ1n) is 12.5. The van der Waals surface area contributed by atoms with E-state index < -0.39 is 34.5 Å². The summed E-state index contributed by atoms with van der Waals surface area (Å²) in [6, 6.07) is 6.45. The number of aromatic nitrogens is 2. The number of likely N-dealkylation sites (N-methyl/N-ethyl adjacent to an activating group) is 1. The minimum atomic E-state index is -3.82.